The predicted octanol–water partition coefficient (Wildman–Crippen LogP) is 1.21. The number of aromatic nitrogens is 2. The summed E-state index contributed by atoms with van der Waals surface area (Å²) in [6, 6.07) is 2.11. The average molecular weight is 220 g/mol. The van der Waals surface area contributed by atoms with Crippen molar-refractivity contribution in [2.24, 2.45) is 11.7 Å². The number of hydrogen-bond acceptors (Lipinski definition) is 4. The van der Waals surface area contributed by atoms with Gasteiger partial charge in [-0.1, -0.05) is 13.3 Å². The van der Waals surface area contributed by atoms with Crippen LogP contribution in [0, 0.1) is 5.92 Å². The second kappa shape index (κ2) is 5.25. The van der Waals surface area contributed by atoms with Crippen molar-refractivity contribution in [3.8, 4) is 0 Å². The van der Waals surface area contributed by atoms with Crippen molar-refractivity contribution in [1.29, 1.82) is 0 Å². The van der Waals surface area contributed by atoms with Crippen LogP contribution in [-0.4, -0.2) is 29.6 Å². The third kappa shape index (κ3) is 2.50. The molecule has 4 heteroatoms. The summed E-state index contributed by atoms with van der Waals surface area (Å²) in [5.41, 5.74) is 6.83. The van der Waals surface area contributed by atoms with Crippen LogP contribution in [0.3, 0.4) is 0 Å². The highest BCUT2D eigenvalue weighted by atomic mass is 15.2. The zero-order chi connectivity index (χ0) is 11.4. The minimum absolute atomic E-state index is 0.629. The Kier molecular flexibility index (Phi) is 3.72. The molecule has 0 radical (unpaired) electrons. The average Bonchev–Trinajstić information content (AvgIpc) is 2.78. The van der Waals surface area contributed by atoms with E-state index < -0.39 is 0 Å². The van der Waals surface area contributed by atoms with Crippen molar-refractivity contribution < 1.29 is 0 Å². The molecule has 1 unspecified atom stereocenters. The molecule has 2 rings (SSSR count). The maximum Gasteiger partial charge on any atom is 0.132 e. The zero-order valence-electron chi connectivity index (χ0n) is 9.89. The molecule has 1 aromatic heterocycles. The molecule has 0 saturated carbocycles. The van der Waals surface area contributed by atoms with Crippen molar-refractivity contribution in [2.75, 3.05) is 24.5 Å². The maximum atomic E-state index is 5.69. The molecule has 1 fully saturated rings. The fraction of sp³-hybridized carbons (Fsp3) is 0.667. The summed E-state index contributed by atoms with van der Waals surface area (Å²) in [5.74, 6) is 1.69. The smallest absolute Gasteiger partial charge is 0.132 e. The quantitative estimate of drug-likeness (QED) is 0.828. The molecule has 16 heavy (non-hydrogen) atoms. The predicted molar refractivity (Wildman–Crippen MR) is 65.4 cm³/mol. The Labute approximate surface area is 96.9 Å². The van der Waals surface area contributed by atoms with E-state index in [2.05, 4.69) is 27.9 Å². The number of aryl methyl sites for hydroxylation is 1. The van der Waals surface area contributed by atoms with E-state index >= 15 is 0 Å². The molecular weight excluding hydrogens is 200 g/mol. The Bertz CT molecular complexity index is 340. The van der Waals surface area contributed by atoms with Gasteiger partial charge >= 0.3 is 0 Å². The van der Waals surface area contributed by atoms with E-state index in [9.17, 15) is 0 Å². The van der Waals surface area contributed by atoms with Crippen molar-refractivity contribution >= 4 is 5.82 Å². The standard InChI is InChI=1S/C12H20N4/c1-2-3-11-6-12(15-9-14-11)16-5-4-10(7-13)8-16/h6,9-10H,2-5,7-8,13H2,1H3. The SMILES string of the molecule is CCCc1cc(N2CCC(CN)C2)ncn1. The highest BCUT2D eigenvalue weighted by Crippen LogP contribution is 2.21. The van der Waals surface area contributed by atoms with E-state index in [-0.39, 0.29) is 0 Å². The molecule has 4 nitrogen and oxygen atoms in total. The van der Waals surface area contributed by atoms with Crippen LogP contribution >= 0.6 is 0 Å². The Morgan fingerprint density at radius 3 is 3.06 bits per heavy atom. The molecule has 0 bridgehead atoms. The maximum absolute atomic E-state index is 5.69. The van der Waals surface area contributed by atoms with Crippen molar-refractivity contribution in [3.05, 3.63) is 18.1 Å². The zero-order valence-corrected chi connectivity index (χ0v) is 9.89. The normalized spacial score (nSPS) is 20.4. The molecule has 1 saturated heterocycles. The Morgan fingerprint density at radius 1 is 1.50 bits per heavy atom. The van der Waals surface area contributed by atoms with Crippen LogP contribution in [0.1, 0.15) is 25.5 Å². The first-order chi connectivity index (χ1) is 7.83. The molecule has 88 valence electrons. The van der Waals surface area contributed by atoms with Crippen molar-refractivity contribution in [3.63, 3.8) is 0 Å². The number of hydrogen-bond donors (Lipinski definition) is 1. The van der Waals surface area contributed by atoms with E-state index in [1.807, 2.05) is 0 Å². The summed E-state index contributed by atoms with van der Waals surface area (Å²) < 4.78 is 0. The minimum atomic E-state index is 0.629. The topological polar surface area (TPSA) is 55.0 Å². The fourth-order valence-electron chi connectivity index (χ4n) is 2.18. The van der Waals surface area contributed by atoms with E-state index in [1.54, 1.807) is 6.33 Å². The summed E-state index contributed by atoms with van der Waals surface area (Å²) in [6.07, 6.45) is 5.02. The minimum Gasteiger partial charge on any atom is -0.356 e. The lowest BCUT2D eigenvalue weighted by Gasteiger charge is -2.17. The van der Waals surface area contributed by atoms with Gasteiger partial charge in [0, 0.05) is 24.8 Å². The second-order valence-electron chi connectivity index (χ2n) is 4.45. The molecule has 1 aliphatic heterocycles. The Hall–Kier alpha value is -1.16. The van der Waals surface area contributed by atoms with Gasteiger partial charge in [-0.3, -0.25) is 0 Å². The molecule has 0 spiro atoms. The van der Waals surface area contributed by atoms with Gasteiger partial charge in [-0.05, 0) is 25.3 Å². The van der Waals surface area contributed by atoms with E-state index in [1.165, 1.54) is 6.42 Å². The lowest BCUT2D eigenvalue weighted by Crippen LogP contribution is -2.23. The van der Waals surface area contributed by atoms with Gasteiger partial charge < -0.3 is 10.6 Å². The van der Waals surface area contributed by atoms with Crippen LogP contribution in [-0.2, 0) is 6.42 Å². The Morgan fingerprint density at radius 2 is 2.38 bits per heavy atom. The monoisotopic (exact) mass is 220 g/mol. The third-order valence-corrected chi connectivity index (χ3v) is 3.16. The second-order valence-corrected chi connectivity index (χ2v) is 4.45. The number of anilines is 1. The van der Waals surface area contributed by atoms with Gasteiger partial charge in [-0.25, -0.2) is 9.97 Å². The van der Waals surface area contributed by atoms with Crippen LogP contribution in [0.25, 0.3) is 0 Å². The summed E-state index contributed by atoms with van der Waals surface area (Å²) in [4.78, 5) is 10.9. The van der Waals surface area contributed by atoms with Crippen molar-refractivity contribution in [1.82, 2.24) is 9.97 Å². The summed E-state index contributed by atoms with van der Waals surface area (Å²) >= 11 is 0. The molecule has 0 aliphatic carbocycles. The Balaban J connectivity index is 2.06. The fourth-order valence-corrected chi connectivity index (χ4v) is 2.18. The first-order valence-corrected chi connectivity index (χ1v) is 6.09. The molecule has 2 N–H and O–H groups in total. The molecule has 0 amide bonds. The largest absolute Gasteiger partial charge is 0.356 e. The van der Waals surface area contributed by atoms with Gasteiger partial charge in [-0.2, -0.15) is 0 Å². The van der Waals surface area contributed by atoms with Gasteiger partial charge in [0.25, 0.3) is 0 Å². The van der Waals surface area contributed by atoms with Gasteiger partial charge in [0.05, 0.1) is 0 Å². The van der Waals surface area contributed by atoms with Gasteiger partial charge in [0.2, 0.25) is 0 Å². The van der Waals surface area contributed by atoms with E-state index in [0.717, 1.165) is 44.0 Å². The molecule has 0 aromatic carbocycles. The van der Waals surface area contributed by atoms with Crippen LogP contribution < -0.4 is 10.6 Å². The van der Waals surface area contributed by atoms with E-state index in [0.29, 0.717) is 5.92 Å². The van der Waals surface area contributed by atoms with Crippen LogP contribution in [0.2, 0.25) is 0 Å². The first kappa shape index (κ1) is 11.3. The number of nitrogens with two attached hydrogens (primary N) is 1. The lowest BCUT2D eigenvalue weighted by molar-refractivity contribution is 0.602. The van der Waals surface area contributed by atoms with Gasteiger partial charge in [0.15, 0.2) is 0 Å². The molecule has 1 atom stereocenters. The van der Waals surface area contributed by atoms with Gasteiger partial charge in [0.1, 0.15) is 12.1 Å². The van der Waals surface area contributed by atoms with Crippen LogP contribution in [0.4, 0.5) is 5.82 Å². The van der Waals surface area contributed by atoms with Crippen LogP contribution in [0.15, 0.2) is 12.4 Å². The summed E-state index contributed by atoms with van der Waals surface area (Å²) in [7, 11) is 0. The molecule has 2 heterocycles. The molecule has 1 aliphatic rings. The molecular formula is C12H20N4. The van der Waals surface area contributed by atoms with Gasteiger partial charge in [-0.15, -0.1) is 0 Å². The first-order valence-electron chi connectivity index (χ1n) is 6.09. The lowest BCUT2D eigenvalue weighted by atomic mass is 10.1. The number of rotatable bonds is 4. The molecule has 1 aromatic rings. The van der Waals surface area contributed by atoms with E-state index in [4.69, 9.17) is 5.73 Å². The highest BCUT2D eigenvalue weighted by Gasteiger charge is 2.22. The third-order valence-electron chi connectivity index (χ3n) is 3.16. The summed E-state index contributed by atoms with van der Waals surface area (Å²) in [5, 5.41) is 0. The summed E-state index contributed by atoms with van der Waals surface area (Å²) in [6.45, 7) is 5.06. The number of nitrogens with zero attached hydrogens (tertiary/aromatic N) is 3. The van der Waals surface area contributed by atoms with Crippen molar-refractivity contribution in [2.45, 2.75) is 26.2 Å². The highest BCUT2D eigenvalue weighted by molar-refractivity contribution is 5.40. The van der Waals surface area contributed by atoms with Crippen LogP contribution in [0.5, 0.6) is 0 Å².